The SMILES string of the molecule is CCCCSC(C)C(=O)Nc1ccc(Cl)cc1F. The number of rotatable bonds is 6. The highest BCUT2D eigenvalue weighted by molar-refractivity contribution is 8.00. The summed E-state index contributed by atoms with van der Waals surface area (Å²) in [5.74, 6) is 0.243. The molecular formula is C13H17ClFNOS. The maximum Gasteiger partial charge on any atom is 0.237 e. The zero-order chi connectivity index (χ0) is 13.5. The Morgan fingerprint density at radius 3 is 2.89 bits per heavy atom. The van der Waals surface area contributed by atoms with Gasteiger partial charge >= 0.3 is 0 Å². The number of unbranched alkanes of at least 4 members (excludes halogenated alkanes) is 1. The Labute approximate surface area is 116 Å². The van der Waals surface area contributed by atoms with E-state index in [1.807, 2.05) is 6.92 Å². The molecule has 0 spiro atoms. The number of thioether (sulfide) groups is 1. The molecule has 1 atom stereocenters. The molecule has 0 aliphatic heterocycles. The first-order chi connectivity index (χ1) is 8.54. The number of carbonyl (C=O) groups excluding carboxylic acids is 1. The molecule has 1 N–H and O–H groups in total. The molecule has 0 aliphatic carbocycles. The van der Waals surface area contributed by atoms with Crippen LogP contribution in [0.25, 0.3) is 0 Å². The molecule has 18 heavy (non-hydrogen) atoms. The van der Waals surface area contributed by atoms with Gasteiger partial charge in [-0.2, -0.15) is 0 Å². The van der Waals surface area contributed by atoms with Gasteiger partial charge in [0.05, 0.1) is 10.9 Å². The smallest absolute Gasteiger partial charge is 0.237 e. The Morgan fingerprint density at radius 1 is 1.56 bits per heavy atom. The van der Waals surface area contributed by atoms with Crippen LogP contribution in [0, 0.1) is 5.82 Å². The summed E-state index contributed by atoms with van der Waals surface area (Å²) in [6, 6.07) is 4.21. The van der Waals surface area contributed by atoms with Crippen LogP contribution in [0.4, 0.5) is 10.1 Å². The number of hydrogen-bond donors (Lipinski definition) is 1. The van der Waals surface area contributed by atoms with E-state index >= 15 is 0 Å². The lowest BCUT2D eigenvalue weighted by atomic mass is 10.3. The summed E-state index contributed by atoms with van der Waals surface area (Å²) in [5, 5.41) is 2.70. The van der Waals surface area contributed by atoms with Crippen LogP contribution in [0.5, 0.6) is 0 Å². The van der Waals surface area contributed by atoms with Crippen molar-refractivity contribution in [2.75, 3.05) is 11.1 Å². The van der Waals surface area contributed by atoms with Crippen molar-refractivity contribution in [3.8, 4) is 0 Å². The number of amides is 1. The van der Waals surface area contributed by atoms with Gasteiger partial charge in [0.2, 0.25) is 5.91 Å². The molecule has 0 aromatic heterocycles. The predicted molar refractivity (Wildman–Crippen MR) is 76.9 cm³/mol. The minimum atomic E-state index is -0.512. The first-order valence-corrected chi connectivity index (χ1v) is 7.34. The maximum absolute atomic E-state index is 13.5. The van der Waals surface area contributed by atoms with E-state index in [-0.39, 0.29) is 16.8 Å². The van der Waals surface area contributed by atoms with E-state index in [0.717, 1.165) is 18.6 Å². The van der Waals surface area contributed by atoms with Crippen LogP contribution in [0.1, 0.15) is 26.7 Å². The number of nitrogens with one attached hydrogen (secondary N) is 1. The average Bonchev–Trinajstić information content (AvgIpc) is 2.32. The molecule has 100 valence electrons. The average molecular weight is 290 g/mol. The molecule has 1 amide bonds. The van der Waals surface area contributed by atoms with E-state index in [1.165, 1.54) is 12.1 Å². The van der Waals surface area contributed by atoms with Gasteiger partial charge < -0.3 is 5.32 Å². The van der Waals surface area contributed by atoms with E-state index in [2.05, 4.69) is 12.2 Å². The second-order valence-electron chi connectivity index (χ2n) is 3.98. The third-order valence-electron chi connectivity index (χ3n) is 2.42. The number of carbonyl (C=O) groups is 1. The van der Waals surface area contributed by atoms with Crippen molar-refractivity contribution in [1.29, 1.82) is 0 Å². The molecule has 0 radical (unpaired) electrons. The molecule has 1 aromatic rings. The second kappa shape index (κ2) is 7.64. The molecule has 0 saturated carbocycles. The summed E-state index contributed by atoms with van der Waals surface area (Å²) in [6.45, 7) is 3.93. The Hall–Kier alpha value is -0.740. The summed E-state index contributed by atoms with van der Waals surface area (Å²) in [7, 11) is 0. The predicted octanol–water partition coefficient (Wildman–Crippen LogP) is 4.34. The topological polar surface area (TPSA) is 29.1 Å². The van der Waals surface area contributed by atoms with Gasteiger partial charge in [-0.3, -0.25) is 4.79 Å². The van der Waals surface area contributed by atoms with Crippen LogP contribution in [0.2, 0.25) is 5.02 Å². The van der Waals surface area contributed by atoms with Crippen molar-refractivity contribution in [2.45, 2.75) is 31.9 Å². The van der Waals surface area contributed by atoms with E-state index in [4.69, 9.17) is 11.6 Å². The fourth-order valence-electron chi connectivity index (χ4n) is 1.31. The summed E-state index contributed by atoms with van der Waals surface area (Å²) in [5.41, 5.74) is 0.173. The molecule has 0 fully saturated rings. The van der Waals surface area contributed by atoms with Crippen molar-refractivity contribution < 1.29 is 9.18 Å². The maximum atomic E-state index is 13.5. The van der Waals surface area contributed by atoms with Crippen LogP contribution in [0.3, 0.4) is 0 Å². The highest BCUT2D eigenvalue weighted by Crippen LogP contribution is 2.20. The van der Waals surface area contributed by atoms with Crippen molar-refractivity contribution in [1.82, 2.24) is 0 Å². The highest BCUT2D eigenvalue weighted by Gasteiger charge is 2.14. The molecular weight excluding hydrogens is 273 g/mol. The molecule has 1 aromatic carbocycles. The molecule has 0 heterocycles. The molecule has 0 bridgehead atoms. The van der Waals surface area contributed by atoms with Gasteiger partial charge in [0.1, 0.15) is 5.82 Å². The monoisotopic (exact) mass is 289 g/mol. The van der Waals surface area contributed by atoms with Crippen molar-refractivity contribution in [3.05, 3.63) is 29.0 Å². The van der Waals surface area contributed by atoms with Crippen LogP contribution in [-0.2, 0) is 4.79 Å². The van der Waals surface area contributed by atoms with Crippen LogP contribution < -0.4 is 5.32 Å². The van der Waals surface area contributed by atoms with Crippen molar-refractivity contribution >= 4 is 35.0 Å². The lowest BCUT2D eigenvalue weighted by Crippen LogP contribution is -2.23. The zero-order valence-corrected chi connectivity index (χ0v) is 12.1. The Balaban J connectivity index is 2.53. The summed E-state index contributed by atoms with van der Waals surface area (Å²) in [6.07, 6.45) is 2.19. The summed E-state index contributed by atoms with van der Waals surface area (Å²) in [4.78, 5) is 11.8. The fraction of sp³-hybridized carbons (Fsp3) is 0.462. The van der Waals surface area contributed by atoms with Gasteiger partial charge in [-0.25, -0.2) is 4.39 Å². The van der Waals surface area contributed by atoms with E-state index in [9.17, 15) is 9.18 Å². The molecule has 0 aliphatic rings. The Bertz CT molecular complexity index is 414. The summed E-state index contributed by atoms with van der Waals surface area (Å²) >= 11 is 7.22. The first-order valence-electron chi connectivity index (χ1n) is 5.92. The van der Waals surface area contributed by atoms with Gasteiger partial charge in [-0.1, -0.05) is 24.9 Å². The normalized spacial score (nSPS) is 12.2. The van der Waals surface area contributed by atoms with Gasteiger partial charge in [-0.05, 0) is 37.3 Å². The molecule has 5 heteroatoms. The largest absolute Gasteiger partial charge is 0.323 e. The molecule has 1 rings (SSSR count). The van der Waals surface area contributed by atoms with Crippen LogP contribution in [0.15, 0.2) is 18.2 Å². The quantitative estimate of drug-likeness (QED) is 0.789. The lowest BCUT2D eigenvalue weighted by Gasteiger charge is -2.12. The van der Waals surface area contributed by atoms with E-state index in [1.54, 1.807) is 17.8 Å². The molecule has 2 nitrogen and oxygen atoms in total. The minimum Gasteiger partial charge on any atom is -0.323 e. The number of benzene rings is 1. The summed E-state index contributed by atoms with van der Waals surface area (Å²) < 4.78 is 13.5. The highest BCUT2D eigenvalue weighted by atomic mass is 35.5. The van der Waals surface area contributed by atoms with E-state index in [0.29, 0.717) is 5.02 Å². The second-order valence-corrected chi connectivity index (χ2v) is 5.87. The minimum absolute atomic E-state index is 0.173. The fourth-order valence-corrected chi connectivity index (χ4v) is 2.48. The number of hydrogen-bond acceptors (Lipinski definition) is 2. The van der Waals surface area contributed by atoms with Crippen molar-refractivity contribution in [3.63, 3.8) is 0 Å². The standard InChI is InChI=1S/C13H17ClFNOS/c1-3-4-7-18-9(2)13(17)16-12-6-5-10(14)8-11(12)15/h5-6,8-9H,3-4,7H2,1-2H3,(H,16,17). The van der Waals surface area contributed by atoms with Gasteiger partial charge in [-0.15, -0.1) is 11.8 Å². The Kier molecular flexibility index (Phi) is 6.50. The first kappa shape index (κ1) is 15.3. The zero-order valence-electron chi connectivity index (χ0n) is 10.5. The van der Waals surface area contributed by atoms with Gasteiger partial charge in [0.15, 0.2) is 0 Å². The third kappa shape index (κ3) is 4.86. The Morgan fingerprint density at radius 2 is 2.28 bits per heavy atom. The van der Waals surface area contributed by atoms with Crippen LogP contribution >= 0.6 is 23.4 Å². The molecule has 1 unspecified atom stereocenters. The van der Waals surface area contributed by atoms with Crippen molar-refractivity contribution in [2.24, 2.45) is 0 Å². The van der Waals surface area contributed by atoms with Gasteiger partial charge in [0, 0.05) is 5.02 Å². The van der Waals surface area contributed by atoms with Gasteiger partial charge in [0.25, 0.3) is 0 Å². The third-order valence-corrected chi connectivity index (χ3v) is 3.90. The van der Waals surface area contributed by atoms with Crippen LogP contribution in [-0.4, -0.2) is 16.9 Å². The number of anilines is 1. The molecule has 0 saturated heterocycles. The lowest BCUT2D eigenvalue weighted by molar-refractivity contribution is -0.115. The number of halogens is 2. The van der Waals surface area contributed by atoms with E-state index < -0.39 is 5.82 Å².